The van der Waals surface area contributed by atoms with Gasteiger partial charge in [0.05, 0.1) is 18.7 Å². The summed E-state index contributed by atoms with van der Waals surface area (Å²) in [6, 6.07) is 15.9. The van der Waals surface area contributed by atoms with Crippen molar-refractivity contribution in [3.05, 3.63) is 59.1 Å². The van der Waals surface area contributed by atoms with E-state index in [1.165, 1.54) is 5.56 Å². The van der Waals surface area contributed by atoms with Crippen LogP contribution >= 0.6 is 11.6 Å². The van der Waals surface area contributed by atoms with Gasteiger partial charge in [-0.3, -0.25) is 4.99 Å². The van der Waals surface area contributed by atoms with Gasteiger partial charge in [0.15, 0.2) is 5.96 Å². The van der Waals surface area contributed by atoms with Gasteiger partial charge in [0.25, 0.3) is 0 Å². The third kappa shape index (κ3) is 4.29. The second-order valence-electron chi connectivity index (χ2n) is 6.43. The highest BCUT2D eigenvalue weighted by Crippen LogP contribution is 2.35. The molecule has 1 heterocycles. The summed E-state index contributed by atoms with van der Waals surface area (Å²) < 4.78 is 10.7. The first kappa shape index (κ1) is 18.5. The van der Waals surface area contributed by atoms with Crippen LogP contribution < -0.4 is 15.8 Å². The van der Waals surface area contributed by atoms with E-state index in [1.54, 1.807) is 19.2 Å². The average Bonchev–Trinajstić information content (AvgIpc) is 2.68. The molecule has 5 nitrogen and oxygen atoms in total. The highest BCUT2D eigenvalue weighted by Gasteiger charge is 2.34. The van der Waals surface area contributed by atoms with Crippen LogP contribution in [0.3, 0.4) is 0 Å². The number of aliphatic imine (C=N–C) groups is 1. The minimum atomic E-state index is -0.0383. The molecule has 0 unspecified atom stereocenters. The van der Waals surface area contributed by atoms with Crippen LogP contribution in [0.4, 0.5) is 5.69 Å². The molecule has 0 aromatic heterocycles. The third-order valence-corrected chi connectivity index (χ3v) is 5.11. The van der Waals surface area contributed by atoms with Crippen LogP contribution in [0, 0.1) is 0 Å². The van der Waals surface area contributed by atoms with Crippen LogP contribution in [0.15, 0.2) is 53.5 Å². The van der Waals surface area contributed by atoms with E-state index in [9.17, 15) is 0 Å². The Kier molecular flexibility index (Phi) is 6.01. The van der Waals surface area contributed by atoms with Crippen molar-refractivity contribution in [3.63, 3.8) is 0 Å². The normalized spacial score (nSPS) is 16.9. The second kappa shape index (κ2) is 8.43. The maximum Gasteiger partial charge on any atom is 0.193 e. The Morgan fingerprint density at radius 3 is 2.62 bits per heavy atom. The first-order chi connectivity index (χ1) is 12.6. The molecule has 1 aliphatic rings. The lowest BCUT2D eigenvalue weighted by atomic mass is 9.74. The Labute approximate surface area is 159 Å². The van der Waals surface area contributed by atoms with Crippen molar-refractivity contribution in [2.75, 3.05) is 32.2 Å². The molecule has 2 aromatic carbocycles. The fourth-order valence-corrected chi connectivity index (χ4v) is 3.52. The van der Waals surface area contributed by atoms with E-state index in [-0.39, 0.29) is 5.41 Å². The van der Waals surface area contributed by atoms with Gasteiger partial charge in [-0.25, -0.2) is 0 Å². The Balaban J connectivity index is 1.74. The van der Waals surface area contributed by atoms with Crippen LogP contribution in [-0.2, 0) is 10.2 Å². The van der Waals surface area contributed by atoms with E-state index < -0.39 is 0 Å². The standard InChI is InChI=1S/C20H24ClN3O2/c1-25-18-8-7-16(13-17(18)21)24-19(22)23-14-20(9-11-26-12-10-20)15-5-3-2-4-6-15/h2-8,13H,9-12,14H2,1H3,(H3,22,23,24). The molecule has 0 aliphatic carbocycles. The zero-order chi connectivity index (χ0) is 18.4. The van der Waals surface area contributed by atoms with E-state index in [0.29, 0.717) is 23.3 Å². The molecule has 0 atom stereocenters. The summed E-state index contributed by atoms with van der Waals surface area (Å²) in [5, 5.41) is 3.62. The Hall–Kier alpha value is -2.24. The van der Waals surface area contributed by atoms with Gasteiger partial charge in [-0.15, -0.1) is 0 Å². The van der Waals surface area contributed by atoms with Crippen molar-refractivity contribution >= 4 is 23.2 Å². The van der Waals surface area contributed by atoms with E-state index in [0.717, 1.165) is 31.7 Å². The molecular weight excluding hydrogens is 350 g/mol. The summed E-state index contributed by atoms with van der Waals surface area (Å²) in [5.74, 6) is 0.992. The number of methoxy groups -OCH3 is 1. The van der Waals surface area contributed by atoms with Crippen molar-refractivity contribution < 1.29 is 9.47 Å². The largest absolute Gasteiger partial charge is 0.495 e. The fraction of sp³-hybridized carbons (Fsp3) is 0.350. The molecule has 3 rings (SSSR count). The molecule has 26 heavy (non-hydrogen) atoms. The monoisotopic (exact) mass is 373 g/mol. The SMILES string of the molecule is COc1ccc(NC(N)=NCC2(c3ccccc3)CCOCC2)cc1Cl. The molecule has 138 valence electrons. The Morgan fingerprint density at radius 1 is 1.23 bits per heavy atom. The second-order valence-corrected chi connectivity index (χ2v) is 6.84. The number of hydrogen-bond acceptors (Lipinski definition) is 3. The Morgan fingerprint density at radius 2 is 1.96 bits per heavy atom. The first-order valence-corrected chi connectivity index (χ1v) is 9.04. The molecule has 1 aliphatic heterocycles. The molecule has 0 spiro atoms. The maximum absolute atomic E-state index is 6.15. The lowest BCUT2D eigenvalue weighted by Crippen LogP contribution is -2.38. The summed E-state index contributed by atoms with van der Waals surface area (Å²) in [7, 11) is 1.58. The molecule has 0 bridgehead atoms. The number of nitrogens with zero attached hydrogens (tertiary/aromatic N) is 1. The number of ether oxygens (including phenoxy) is 2. The molecule has 0 radical (unpaired) electrons. The quantitative estimate of drug-likeness (QED) is 0.617. The van der Waals surface area contributed by atoms with Gasteiger partial charge in [-0.2, -0.15) is 0 Å². The van der Waals surface area contributed by atoms with Gasteiger partial charge in [0.1, 0.15) is 5.75 Å². The summed E-state index contributed by atoms with van der Waals surface area (Å²) in [5.41, 5.74) is 8.14. The molecule has 1 saturated heterocycles. The number of hydrogen-bond donors (Lipinski definition) is 2. The summed E-state index contributed by atoms with van der Waals surface area (Å²) >= 11 is 6.15. The van der Waals surface area contributed by atoms with Crippen LogP contribution in [0.2, 0.25) is 5.02 Å². The first-order valence-electron chi connectivity index (χ1n) is 8.67. The van der Waals surface area contributed by atoms with E-state index in [2.05, 4.69) is 34.6 Å². The molecule has 6 heteroatoms. The number of nitrogens with one attached hydrogen (secondary N) is 1. The average molecular weight is 374 g/mol. The molecule has 3 N–H and O–H groups in total. The van der Waals surface area contributed by atoms with Crippen LogP contribution in [0.5, 0.6) is 5.75 Å². The lowest BCUT2D eigenvalue weighted by molar-refractivity contribution is 0.0531. The number of benzene rings is 2. The lowest BCUT2D eigenvalue weighted by Gasteiger charge is -2.36. The number of anilines is 1. The van der Waals surface area contributed by atoms with Gasteiger partial charge >= 0.3 is 0 Å². The van der Waals surface area contributed by atoms with Crippen molar-refractivity contribution in [2.45, 2.75) is 18.3 Å². The van der Waals surface area contributed by atoms with Crippen molar-refractivity contribution in [1.82, 2.24) is 0 Å². The maximum atomic E-state index is 6.15. The highest BCUT2D eigenvalue weighted by atomic mass is 35.5. The predicted molar refractivity (Wildman–Crippen MR) is 106 cm³/mol. The topological polar surface area (TPSA) is 68.9 Å². The van der Waals surface area contributed by atoms with Crippen LogP contribution in [-0.4, -0.2) is 32.8 Å². The number of nitrogens with two attached hydrogens (primary N) is 1. The summed E-state index contributed by atoms with van der Waals surface area (Å²) in [6.45, 7) is 2.10. The van der Waals surface area contributed by atoms with Gasteiger partial charge in [-0.1, -0.05) is 41.9 Å². The van der Waals surface area contributed by atoms with E-state index >= 15 is 0 Å². The van der Waals surface area contributed by atoms with Gasteiger partial charge in [-0.05, 0) is 36.6 Å². The van der Waals surface area contributed by atoms with Crippen molar-refractivity contribution in [1.29, 1.82) is 0 Å². The van der Waals surface area contributed by atoms with Crippen molar-refractivity contribution in [2.24, 2.45) is 10.7 Å². The minimum absolute atomic E-state index is 0.0383. The summed E-state index contributed by atoms with van der Waals surface area (Å²) in [6.07, 6.45) is 1.87. The van der Waals surface area contributed by atoms with Gasteiger partial charge < -0.3 is 20.5 Å². The number of halogens is 1. The van der Waals surface area contributed by atoms with Crippen LogP contribution in [0.1, 0.15) is 18.4 Å². The van der Waals surface area contributed by atoms with E-state index in [1.807, 2.05) is 12.1 Å². The minimum Gasteiger partial charge on any atom is -0.495 e. The zero-order valence-electron chi connectivity index (χ0n) is 14.9. The molecule has 1 fully saturated rings. The zero-order valence-corrected chi connectivity index (χ0v) is 15.6. The predicted octanol–water partition coefficient (Wildman–Crippen LogP) is 3.82. The number of guanidine groups is 1. The summed E-state index contributed by atoms with van der Waals surface area (Å²) in [4.78, 5) is 4.62. The third-order valence-electron chi connectivity index (χ3n) is 4.81. The van der Waals surface area contributed by atoms with Crippen molar-refractivity contribution in [3.8, 4) is 5.75 Å². The number of rotatable bonds is 5. The molecule has 2 aromatic rings. The molecule has 0 amide bonds. The Bertz CT molecular complexity index is 759. The van der Waals surface area contributed by atoms with Gasteiger partial charge in [0, 0.05) is 24.3 Å². The highest BCUT2D eigenvalue weighted by molar-refractivity contribution is 6.32. The molecular formula is C20H24ClN3O2. The van der Waals surface area contributed by atoms with Crippen LogP contribution in [0.25, 0.3) is 0 Å². The van der Waals surface area contributed by atoms with E-state index in [4.69, 9.17) is 26.8 Å². The molecule has 0 saturated carbocycles. The van der Waals surface area contributed by atoms with Gasteiger partial charge in [0.2, 0.25) is 0 Å². The smallest absolute Gasteiger partial charge is 0.193 e. The fourth-order valence-electron chi connectivity index (χ4n) is 3.26.